The fraction of sp³-hybridized carbons (Fsp3) is 0. The largest absolute Gasteiger partial charge is 0.206 e. The van der Waals surface area contributed by atoms with Crippen molar-refractivity contribution in [3.8, 4) is 44.5 Å². The summed E-state index contributed by atoms with van der Waals surface area (Å²) in [6.45, 7) is 0. The van der Waals surface area contributed by atoms with E-state index in [2.05, 4.69) is 72.8 Å². The first-order chi connectivity index (χ1) is 23.7. The summed E-state index contributed by atoms with van der Waals surface area (Å²) in [7, 11) is 0. The molecule has 0 spiro atoms. The van der Waals surface area contributed by atoms with Gasteiger partial charge >= 0.3 is 0 Å². The molecule has 0 saturated carbocycles. The summed E-state index contributed by atoms with van der Waals surface area (Å²) in [5, 5.41) is 8.39. The Morgan fingerprint density at radius 2 is 0.500 bits per heavy atom. The van der Waals surface area contributed by atoms with Crippen molar-refractivity contribution in [3.63, 3.8) is 0 Å². The van der Waals surface area contributed by atoms with E-state index in [9.17, 15) is 0 Å². The molecule has 9 aromatic rings. The summed E-state index contributed by atoms with van der Waals surface area (Å²) in [4.78, 5) is 0. The second-order valence-electron chi connectivity index (χ2n) is 12.3. The van der Waals surface area contributed by atoms with Crippen molar-refractivity contribution in [1.82, 2.24) is 0 Å². The summed E-state index contributed by atoms with van der Waals surface area (Å²) >= 11 is 0. The van der Waals surface area contributed by atoms with Crippen LogP contribution in [0.4, 0.5) is 8.78 Å². The van der Waals surface area contributed by atoms with E-state index in [1.54, 1.807) is 12.1 Å². The molecule has 0 nitrogen and oxygen atoms in total. The molecule has 0 N–H and O–H groups in total. The minimum Gasteiger partial charge on any atom is -0.206 e. The molecule has 0 heterocycles. The van der Waals surface area contributed by atoms with Gasteiger partial charge in [-0.25, -0.2) is 8.78 Å². The third kappa shape index (κ3) is 4.49. The highest BCUT2D eigenvalue weighted by Gasteiger charge is 2.18. The van der Waals surface area contributed by atoms with E-state index in [1.807, 2.05) is 84.9 Å². The van der Waals surface area contributed by atoms with Gasteiger partial charge in [-0.3, -0.25) is 0 Å². The molecule has 0 bridgehead atoms. The number of rotatable bonds is 4. The SMILES string of the molecule is Fc1ccc2ccccc2c1-c1ccc(-c2c3ccccc3c(-c3ccc(-c4c(F)ccc5ccccc45)cc3)c3ccccc23)cc1. The molecule has 0 radical (unpaired) electrons. The Balaban J connectivity index is 1.20. The maximum absolute atomic E-state index is 15.2. The van der Waals surface area contributed by atoms with Gasteiger partial charge < -0.3 is 0 Å². The molecule has 0 atom stereocenters. The first-order valence-corrected chi connectivity index (χ1v) is 16.2. The Hall–Kier alpha value is -6.12. The predicted molar refractivity (Wildman–Crippen MR) is 198 cm³/mol. The van der Waals surface area contributed by atoms with Gasteiger partial charge in [0.25, 0.3) is 0 Å². The fourth-order valence-corrected chi connectivity index (χ4v) is 7.43. The molecule has 226 valence electrons. The van der Waals surface area contributed by atoms with Crippen LogP contribution in [0.2, 0.25) is 0 Å². The summed E-state index contributed by atoms with van der Waals surface area (Å²) < 4.78 is 30.5. The molecule has 0 aliphatic heterocycles. The predicted octanol–water partition coefficient (Wildman–Crippen LogP) is 13.2. The Labute approximate surface area is 277 Å². The number of halogens is 2. The van der Waals surface area contributed by atoms with Gasteiger partial charge in [0.2, 0.25) is 0 Å². The van der Waals surface area contributed by atoms with Gasteiger partial charge in [-0.2, -0.15) is 0 Å². The summed E-state index contributed by atoms with van der Waals surface area (Å²) in [6, 6.07) is 56.2. The van der Waals surface area contributed by atoms with Gasteiger partial charge in [-0.05, 0) is 88.6 Å². The summed E-state index contributed by atoms with van der Waals surface area (Å²) in [6.07, 6.45) is 0. The Bertz CT molecular complexity index is 2420. The average Bonchev–Trinajstić information content (AvgIpc) is 3.14. The zero-order valence-electron chi connectivity index (χ0n) is 25.9. The van der Waals surface area contributed by atoms with Gasteiger partial charge in [0, 0.05) is 11.1 Å². The van der Waals surface area contributed by atoms with Gasteiger partial charge in [0.05, 0.1) is 0 Å². The van der Waals surface area contributed by atoms with Crippen molar-refractivity contribution in [2.24, 2.45) is 0 Å². The molecule has 0 unspecified atom stereocenters. The Morgan fingerprint density at radius 3 is 0.833 bits per heavy atom. The highest BCUT2D eigenvalue weighted by atomic mass is 19.1. The first-order valence-electron chi connectivity index (χ1n) is 16.2. The van der Waals surface area contributed by atoms with Crippen LogP contribution in [0.15, 0.2) is 170 Å². The van der Waals surface area contributed by atoms with E-state index < -0.39 is 0 Å². The molecule has 0 fully saturated rings. The molecule has 9 rings (SSSR count). The lowest BCUT2D eigenvalue weighted by Crippen LogP contribution is -1.92. The fourth-order valence-electron chi connectivity index (χ4n) is 7.43. The number of hydrogen-bond acceptors (Lipinski definition) is 0. The first kappa shape index (κ1) is 28.1. The summed E-state index contributed by atoms with van der Waals surface area (Å²) in [5.41, 5.74) is 7.36. The smallest absolute Gasteiger partial charge is 0.131 e. The normalized spacial score (nSPS) is 11.5. The van der Waals surface area contributed by atoms with Crippen molar-refractivity contribution < 1.29 is 8.78 Å². The second kappa shape index (κ2) is 11.3. The van der Waals surface area contributed by atoms with Crippen molar-refractivity contribution in [3.05, 3.63) is 181 Å². The molecular formula is C46H28F2. The van der Waals surface area contributed by atoms with Crippen LogP contribution >= 0.6 is 0 Å². The number of fused-ring (bicyclic) bond motifs is 4. The van der Waals surface area contributed by atoms with Crippen LogP contribution in [0.25, 0.3) is 87.6 Å². The van der Waals surface area contributed by atoms with E-state index in [4.69, 9.17) is 0 Å². The Morgan fingerprint density at radius 1 is 0.229 bits per heavy atom. The molecular weight excluding hydrogens is 591 g/mol. The van der Waals surface area contributed by atoms with E-state index in [1.165, 1.54) is 0 Å². The third-order valence-electron chi connectivity index (χ3n) is 9.61. The lowest BCUT2D eigenvalue weighted by atomic mass is 9.85. The van der Waals surface area contributed by atoms with Crippen LogP contribution in [0.1, 0.15) is 0 Å². The number of benzene rings is 9. The zero-order chi connectivity index (χ0) is 32.2. The molecule has 2 heteroatoms. The minimum absolute atomic E-state index is 0.226. The van der Waals surface area contributed by atoms with Gasteiger partial charge in [-0.15, -0.1) is 0 Å². The van der Waals surface area contributed by atoms with Crippen LogP contribution in [-0.4, -0.2) is 0 Å². The molecule has 0 saturated heterocycles. The third-order valence-corrected chi connectivity index (χ3v) is 9.61. The lowest BCUT2D eigenvalue weighted by molar-refractivity contribution is 0.632. The van der Waals surface area contributed by atoms with Crippen LogP contribution in [0.3, 0.4) is 0 Å². The maximum Gasteiger partial charge on any atom is 0.131 e. The van der Waals surface area contributed by atoms with Crippen LogP contribution in [-0.2, 0) is 0 Å². The molecule has 9 aromatic carbocycles. The van der Waals surface area contributed by atoms with E-state index in [0.29, 0.717) is 11.1 Å². The zero-order valence-corrected chi connectivity index (χ0v) is 25.9. The van der Waals surface area contributed by atoms with Gasteiger partial charge in [-0.1, -0.05) is 158 Å². The van der Waals surface area contributed by atoms with Crippen LogP contribution < -0.4 is 0 Å². The van der Waals surface area contributed by atoms with E-state index >= 15 is 8.78 Å². The topological polar surface area (TPSA) is 0 Å². The highest BCUT2D eigenvalue weighted by molar-refractivity contribution is 6.21. The standard InChI is InChI=1S/C46H28F2/c47-41-27-25-29-9-1-3-11-35(29)45(41)33-21-17-31(18-22-33)43-37-13-5-7-15-39(37)44(40-16-8-6-14-38(40)43)32-19-23-34(24-20-32)46-36-12-4-2-10-30(36)26-28-42(46)48/h1-28H. The average molecular weight is 619 g/mol. The second-order valence-corrected chi connectivity index (χ2v) is 12.3. The van der Waals surface area contributed by atoms with Crippen molar-refractivity contribution >= 4 is 43.1 Å². The minimum atomic E-state index is -0.226. The van der Waals surface area contributed by atoms with Gasteiger partial charge in [0.1, 0.15) is 11.6 Å². The summed E-state index contributed by atoms with van der Waals surface area (Å²) in [5.74, 6) is -0.452. The molecule has 0 aliphatic carbocycles. The maximum atomic E-state index is 15.2. The van der Waals surface area contributed by atoms with Crippen LogP contribution in [0, 0.1) is 11.6 Å². The number of hydrogen-bond donors (Lipinski definition) is 0. The quantitative estimate of drug-likeness (QED) is 0.172. The molecule has 0 aromatic heterocycles. The van der Waals surface area contributed by atoms with E-state index in [0.717, 1.165) is 76.5 Å². The Kier molecular flexibility index (Phi) is 6.62. The van der Waals surface area contributed by atoms with Crippen molar-refractivity contribution in [2.45, 2.75) is 0 Å². The lowest BCUT2D eigenvalue weighted by Gasteiger charge is -2.18. The molecule has 0 amide bonds. The molecule has 0 aliphatic rings. The van der Waals surface area contributed by atoms with Crippen LogP contribution in [0.5, 0.6) is 0 Å². The van der Waals surface area contributed by atoms with E-state index in [-0.39, 0.29) is 11.6 Å². The highest BCUT2D eigenvalue weighted by Crippen LogP contribution is 2.45. The van der Waals surface area contributed by atoms with Gasteiger partial charge in [0.15, 0.2) is 0 Å². The van der Waals surface area contributed by atoms with Crippen molar-refractivity contribution in [2.75, 3.05) is 0 Å². The monoisotopic (exact) mass is 618 g/mol. The van der Waals surface area contributed by atoms with Crippen molar-refractivity contribution in [1.29, 1.82) is 0 Å². The molecule has 48 heavy (non-hydrogen) atoms.